The van der Waals surface area contributed by atoms with E-state index in [2.05, 4.69) is 52.4 Å². The summed E-state index contributed by atoms with van der Waals surface area (Å²) in [4.78, 5) is 25.8. The van der Waals surface area contributed by atoms with Crippen LogP contribution in [0.25, 0.3) is 11.7 Å². The summed E-state index contributed by atoms with van der Waals surface area (Å²) < 4.78 is 1.69. The van der Waals surface area contributed by atoms with Crippen LogP contribution in [0, 0.1) is 13.8 Å². The smallest absolute Gasteiger partial charge is 0.326 e. The van der Waals surface area contributed by atoms with Crippen LogP contribution >= 0.6 is 0 Å². The molecule has 0 amide bonds. The highest BCUT2D eigenvalue weighted by Gasteiger charge is 2.20. The predicted octanol–water partition coefficient (Wildman–Crippen LogP) is 1.29. The maximum Gasteiger partial charge on any atom is 0.326 e. The molecule has 5 rings (SSSR count). The number of aromatic hydroxyl groups is 1. The van der Waals surface area contributed by atoms with Crippen LogP contribution in [0.1, 0.15) is 35.2 Å². The van der Waals surface area contributed by atoms with Crippen molar-refractivity contribution in [3.63, 3.8) is 0 Å². The molecule has 9 nitrogen and oxygen atoms in total. The molecule has 0 saturated heterocycles. The molecule has 4 N–H and O–H groups in total. The Bertz CT molecular complexity index is 1460. The van der Waals surface area contributed by atoms with E-state index in [1.807, 2.05) is 6.07 Å². The molecule has 0 aliphatic heterocycles. The first-order valence-corrected chi connectivity index (χ1v) is 10.2. The molecule has 1 aromatic carbocycles. The Balaban J connectivity index is 1.59. The first-order valence-electron chi connectivity index (χ1n) is 10.2. The number of aromatic nitrogens is 5. The third kappa shape index (κ3) is 3.81. The summed E-state index contributed by atoms with van der Waals surface area (Å²) in [6.45, 7) is 4.86. The zero-order chi connectivity index (χ0) is 21.5. The second-order valence-corrected chi connectivity index (χ2v) is 7.89. The van der Waals surface area contributed by atoms with E-state index >= 15 is 0 Å². The van der Waals surface area contributed by atoms with Crippen molar-refractivity contribution in [2.75, 3.05) is 5.32 Å². The molecule has 0 unspecified atom stereocenters. The number of aryl methyl sites for hydroxylation is 1. The molecule has 3 aromatic heterocycles. The first kappa shape index (κ1) is 19.1. The number of nitrogens with one attached hydrogen (secondary N) is 3. The van der Waals surface area contributed by atoms with Crippen LogP contribution in [0.3, 0.4) is 0 Å². The molecule has 1 aliphatic carbocycles. The number of hydrogen-bond acceptors (Lipinski definition) is 6. The van der Waals surface area contributed by atoms with Gasteiger partial charge in [-0.3, -0.25) is 9.98 Å². The third-order valence-corrected chi connectivity index (χ3v) is 5.55. The summed E-state index contributed by atoms with van der Waals surface area (Å²) >= 11 is 0. The minimum Gasteiger partial charge on any atom is -0.493 e. The Kier molecular flexibility index (Phi) is 4.58. The minimum atomic E-state index is -0.478. The van der Waals surface area contributed by atoms with Gasteiger partial charge in [-0.05, 0) is 49.5 Å². The van der Waals surface area contributed by atoms with E-state index in [9.17, 15) is 9.90 Å². The number of nitrogens with zero attached hydrogens (tertiary/aromatic N) is 4. The topological polar surface area (TPSA) is 123 Å². The highest BCUT2D eigenvalue weighted by atomic mass is 16.3. The summed E-state index contributed by atoms with van der Waals surface area (Å²) in [5, 5.41) is 18.4. The summed E-state index contributed by atoms with van der Waals surface area (Å²) in [6, 6.07) is 8.48. The number of aromatic amines is 2. The summed E-state index contributed by atoms with van der Waals surface area (Å²) in [5.41, 5.74) is 4.82. The van der Waals surface area contributed by atoms with Crippen molar-refractivity contribution < 1.29 is 5.11 Å². The van der Waals surface area contributed by atoms with Crippen LogP contribution in [0.15, 0.2) is 40.2 Å². The van der Waals surface area contributed by atoms with E-state index < -0.39 is 5.69 Å². The zero-order valence-corrected chi connectivity index (χ0v) is 17.3. The lowest BCUT2D eigenvalue weighted by atomic mass is 10.0. The van der Waals surface area contributed by atoms with Crippen LogP contribution in [0.5, 0.6) is 5.88 Å². The molecule has 1 aliphatic rings. The number of fused-ring (bicyclic) bond motifs is 1. The van der Waals surface area contributed by atoms with Crippen molar-refractivity contribution in [1.82, 2.24) is 24.6 Å². The van der Waals surface area contributed by atoms with Gasteiger partial charge in [0.25, 0.3) is 0 Å². The monoisotopic (exact) mass is 417 g/mol. The van der Waals surface area contributed by atoms with Gasteiger partial charge in [0, 0.05) is 17.8 Å². The van der Waals surface area contributed by atoms with Crippen molar-refractivity contribution in [3.8, 4) is 5.88 Å². The van der Waals surface area contributed by atoms with E-state index in [1.54, 1.807) is 16.8 Å². The molecule has 1 fully saturated rings. The molecule has 0 bridgehead atoms. The van der Waals surface area contributed by atoms with Gasteiger partial charge in [0.05, 0.1) is 12.2 Å². The predicted molar refractivity (Wildman–Crippen MR) is 117 cm³/mol. The molecule has 0 spiro atoms. The zero-order valence-electron chi connectivity index (χ0n) is 17.3. The van der Waals surface area contributed by atoms with Gasteiger partial charge in [0.15, 0.2) is 11.1 Å². The number of anilines is 1. The number of H-pyrrole nitrogens is 2. The molecule has 9 heteroatoms. The van der Waals surface area contributed by atoms with Gasteiger partial charge in [0.1, 0.15) is 11.5 Å². The average Bonchev–Trinajstić information content (AvgIpc) is 3.37. The lowest BCUT2D eigenvalue weighted by Crippen LogP contribution is -2.20. The highest BCUT2D eigenvalue weighted by Crippen LogP contribution is 2.22. The SMILES string of the molecule is Cc1cccc(CNc2cc(=NC3CC3)n3nc/c(=C/c4[nH]c(=O)[nH]c4O)c3n2)c1C. The maximum atomic E-state index is 11.5. The van der Waals surface area contributed by atoms with Gasteiger partial charge in [-0.25, -0.2) is 9.78 Å². The van der Waals surface area contributed by atoms with E-state index in [-0.39, 0.29) is 11.6 Å². The van der Waals surface area contributed by atoms with E-state index in [4.69, 9.17) is 9.98 Å². The van der Waals surface area contributed by atoms with Gasteiger partial charge in [0.2, 0.25) is 5.88 Å². The molecule has 0 radical (unpaired) electrons. The number of rotatable bonds is 5. The van der Waals surface area contributed by atoms with Crippen LogP contribution in [-0.4, -0.2) is 35.7 Å². The maximum absolute atomic E-state index is 11.5. The fourth-order valence-corrected chi connectivity index (χ4v) is 3.48. The second-order valence-electron chi connectivity index (χ2n) is 7.89. The van der Waals surface area contributed by atoms with Crippen molar-refractivity contribution >= 4 is 17.5 Å². The lowest BCUT2D eigenvalue weighted by Gasteiger charge is -2.10. The van der Waals surface area contributed by atoms with Gasteiger partial charge in [-0.1, -0.05) is 18.2 Å². The standard InChI is InChI=1S/C22H23N7O2/c1-12-4-3-5-14(13(12)2)10-23-18-9-19(25-16-6-7-16)29-20(27-18)15(11-24-29)8-17-21(30)28-22(31)26-17/h3-5,8-9,11,16,23,30H,6-7,10H2,1-2H3,(H2,26,28,31)/b15-8-,25-19?. The molecule has 0 atom stereocenters. The molecular formula is C22H23N7O2. The third-order valence-electron chi connectivity index (χ3n) is 5.55. The Morgan fingerprint density at radius 2 is 2.16 bits per heavy atom. The minimum absolute atomic E-state index is 0.226. The normalized spacial score (nSPS) is 15.2. The molecule has 31 heavy (non-hydrogen) atoms. The fraction of sp³-hybridized carbons (Fsp3) is 0.273. The van der Waals surface area contributed by atoms with Crippen molar-refractivity contribution in [2.45, 2.75) is 39.3 Å². The summed E-state index contributed by atoms with van der Waals surface area (Å²) in [6.07, 6.45) is 5.44. The molecule has 4 aromatic rings. The average molecular weight is 417 g/mol. The van der Waals surface area contributed by atoms with Crippen molar-refractivity contribution in [2.24, 2.45) is 4.99 Å². The Morgan fingerprint density at radius 1 is 1.32 bits per heavy atom. The molecular weight excluding hydrogens is 394 g/mol. The lowest BCUT2D eigenvalue weighted by molar-refractivity contribution is 0.454. The van der Waals surface area contributed by atoms with Crippen LogP contribution in [0.2, 0.25) is 0 Å². The number of imidazole rings is 1. The Morgan fingerprint density at radius 3 is 2.90 bits per heavy atom. The highest BCUT2D eigenvalue weighted by molar-refractivity contribution is 5.58. The van der Waals surface area contributed by atoms with Crippen LogP contribution in [-0.2, 0) is 6.54 Å². The Hall–Kier alpha value is -3.88. The first-order chi connectivity index (χ1) is 15.0. The molecule has 1 saturated carbocycles. The summed E-state index contributed by atoms with van der Waals surface area (Å²) in [5.74, 6) is 0.464. The second kappa shape index (κ2) is 7.42. The largest absolute Gasteiger partial charge is 0.493 e. The van der Waals surface area contributed by atoms with Gasteiger partial charge >= 0.3 is 5.69 Å². The molecule has 3 heterocycles. The van der Waals surface area contributed by atoms with Crippen molar-refractivity contribution in [1.29, 1.82) is 0 Å². The summed E-state index contributed by atoms with van der Waals surface area (Å²) in [7, 11) is 0. The quantitative estimate of drug-likeness (QED) is 0.390. The van der Waals surface area contributed by atoms with Gasteiger partial charge in [-0.15, -0.1) is 0 Å². The van der Waals surface area contributed by atoms with Crippen LogP contribution in [0.4, 0.5) is 5.82 Å². The van der Waals surface area contributed by atoms with E-state index in [1.165, 1.54) is 16.7 Å². The van der Waals surface area contributed by atoms with E-state index in [0.717, 1.165) is 18.3 Å². The molecule has 158 valence electrons. The fourth-order valence-electron chi connectivity index (χ4n) is 3.48. The van der Waals surface area contributed by atoms with Crippen molar-refractivity contribution in [3.05, 3.63) is 74.0 Å². The van der Waals surface area contributed by atoms with E-state index in [0.29, 0.717) is 29.3 Å². The Labute approximate surface area is 177 Å². The van der Waals surface area contributed by atoms with Gasteiger partial charge in [-0.2, -0.15) is 9.61 Å². The number of benzene rings is 1. The number of hydrogen-bond donors (Lipinski definition) is 4. The van der Waals surface area contributed by atoms with Gasteiger partial charge < -0.3 is 15.4 Å². The van der Waals surface area contributed by atoms with Crippen LogP contribution < -0.4 is 21.7 Å².